The van der Waals surface area contributed by atoms with Gasteiger partial charge in [-0.25, -0.2) is 41.8 Å². The third kappa shape index (κ3) is 23.1. The molecule has 0 N–H and O–H groups in total. The van der Waals surface area contributed by atoms with Gasteiger partial charge >= 0.3 is 21.7 Å². The minimum atomic E-state index is -0.647. The van der Waals surface area contributed by atoms with E-state index in [-0.39, 0.29) is 32.5 Å². The van der Waals surface area contributed by atoms with Gasteiger partial charge in [-0.3, -0.25) is 0 Å². The Balaban J connectivity index is 0.000000828. The second-order valence-corrected chi connectivity index (χ2v) is 17.2. The molecule has 2 nitrogen and oxygen atoms in total. The van der Waals surface area contributed by atoms with Crippen LogP contribution in [-0.2, 0) is 21.7 Å². The first-order valence-electron chi connectivity index (χ1n) is 19.9. The second-order valence-electron chi connectivity index (χ2n) is 17.2. The molecule has 0 saturated heterocycles. The number of anilines is 2. The van der Waals surface area contributed by atoms with Crippen LogP contribution in [-0.4, -0.2) is 26.2 Å². The first kappa shape index (κ1) is 52.2. The molecule has 2 unspecified atom stereocenters. The molecule has 0 fully saturated rings. The summed E-state index contributed by atoms with van der Waals surface area (Å²) in [5, 5.41) is 0. The zero-order valence-corrected chi connectivity index (χ0v) is 37.5. The molecular formula is C48H70F4N2Ti. The standard InChI is InChI=1S/2C19H30F2N.2C5H5.Ti/c2*1-7-19(5,6)13-22(12-15(4)10-14(2)3)18-9-8-16(20)11-17(18)21;2*1-2-4-5-3-1;/h2*8-9,14-15H,7,10,12-13H2,1-6H3;2*1-5H;/q4*-1;+4. The predicted molar refractivity (Wildman–Crippen MR) is 224 cm³/mol. The van der Waals surface area contributed by atoms with E-state index in [4.69, 9.17) is 0 Å². The molecule has 4 aromatic rings. The zero-order chi connectivity index (χ0) is 40.9. The van der Waals surface area contributed by atoms with Crippen molar-refractivity contribution in [3.8, 4) is 0 Å². The topological polar surface area (TPSA) is 6.48 Å². The average molecular weight is 799 g/mol. The van der Waals surface area contributed by atoms with Crippen LogP contribution < -0.4 is 9.80 Å². The molecule has 0 amide bonds. The maximum Gasteiger partial charge on any atom is 4.00 e. The number of halogens is 4. The van der Waals surface area contributed by atoms with E-state index < -0.39 is 23.3 Å². The summed E-state index contributed by atoms with van der Waals surface area (Å²) >= 11 is 0. The van der Waals surface area contributed by atoms with E-state index in [1.54, 1.807) is 0 Å². The van der Waals surface area contributed by atoms with Crippen molar-refractivity contribution in [2.24, 2.45) is 34.5 Å². The van der Waals surface area contributed by atoms with E-state index in [1.807, 2.05) is 60.7 Å². The molecule has 0 radical (unpaired) electrons. The minimum absolute atomic E-state index is 0. The number of benzene rings is 2. The summed E-state index contributed by atoms with van der Waals surface area (Å²) in [6.07, 6.45) is 4.20. The normalized spacial score (nSPS) is 12.3. The Bertz CT molecular complexity index is 1350. The summed E-state index contributed by atoms with van der Waals surface area (Å²) in [7, 11) is 0. The average Bonchev–Trinajstić information content (AvgIpc) is 3.84. The van der Waals surface area contributed by atoms with Crippen molar-refractivity contribution in [1.82, 2.24) is 0 Å². The summed E-state index contributed by atoms with van der Waals surface area (Å²) in [5.41, 5.74) is 1.08. The number of nitrogens with zero attached hydrogens (tertiary/aromatic N) is 2. The summed E-state index contributed by atoms with van der Waals surface area (Å²) in [6.45, 7) is 29.2. The van der Waals surface area contributed by atoms with Crippen LogP contribution in [0.1, 0.15) is 109 Å². The van der Waals surface area contributed by atoms with Gasteiger partial charge < -0.3 is 9.80 Å². The van der Waals surface area contributed by atoms with E-state index in [0.29, 0.717) is 35.0 Å². The number of hydrogen-bond acceptors (Lipinski definition) is 2. The van der Waals surface area contributed by atoms with Gasteiger partial charge in [0.25, 0.3) is 0 Å². The first-order valence-corrected chi connectivity index (χ1v) is 19.9. The van der Waals surface area contributed by atoms with Gasteiger partial charge in [0.2, 0.25) is 0 Å². The van der Waals surface area contributed by atoms with Gasteiger partial charge in [0, 0.05) is 49.4 Å². The molecule has 0 saturated carbocycles. The van der Waals surface area contributed by atoms with Crippen molar-refractivity contribution in [2.45, 2.75) is 109 Å². The molecule has 0 heterocycles. The fourth-order valence-electron chi connectivity index (χ4n) is 6.27. The van der Waals surface area contributed by atoms with Crippen LogP contribution in [0.25, 0.3) is 0 Å². The Kier molecular flexibility index (Phi) is 25.5. The van der Waals surface area contributed by atoms with Crippen LogP contribution in [0.3, 0.4) is 0 Å². The van der Waals surface area contributed by atoms with Gasteiger partial charge in [-0.1, -0.05) is 83.1 Å². The molecule has 0 bridgehead atoms. The van der Waals surface area contributed by atoms with Crippen molar-refractivity contribution in [3.05, 3.63) is 120 Å². The van der Waals surface area contributed by atoms with E-state index in [9.17, 15) is 17.6 Å². The smallest absolute Gasteiger partial charge is 0.420 e. The molecule has 0 aliphatic rings. The Morgan fingerprint density at radius 3 is 1.09 bits per heavy atom. The summed E-state index contributed by atoms with van der Waals surface area (Å²) in [4.78, 5) is 4.11. The van der Waals surface area contributed by atoms with E-state index in [1.165, 1.54) is 24.3 Å². The molecule has 304 valence electrons. The van der Waals surface area contributed by atoms with Crippen molar-refractivity contribution in [3.63, 3.8) is 0 Å². The Labute approximate surface area is 348 Å². The molecule has 4 aromatic carbocycles. The minimum Gasteiger partial charge on any atom is -0.420 e. The van der Waals surface area contributed by atoms with Crippen LogP contribution in [0.5, 0.6) is 0 Å². The Hall–Kier alpha value is -2.83. The largest absolute Gasteiger partial charge is 4.00 e. The zero-order valence-electron chi connectivity index (χ0n) is 36.0. The third-order valence-corrected chi connectivity index (χ3v) is 9.44. The van der Waals surface area contributed by atoms with Gasteiger partial charge in [-0.05, 0) is 71.6 Å². The SMILES string of the molecule is CCC(C)(C)CN(CC(C)CC(C)C)c1ccc(F)[c-]c1F.CCC(C)(C)CN(CC(C)CC(C)C)c1ccc(F)[c-]c1F.[Ti+4].c1cc[cH-]c1.c1cc[cH-]c1. The monoisotopic (exact) mass is 798 g/mol. The van der Waals surface area contributed by atoms with Gasteiger partial charge in [-0.15, -0.1) is 36.4 Å². The maximum absolute atomic E-state index is 14.2. The van der Waals surface area contributed by atoms with Gasteiger partial charge in [0.15, 0.2) is 0 Å². The second kappa shape index (κ2) is 26.9. The molecular weight excluding hydrogens is 728 g/mol. The molecule has 0 aliphatic heterocycles. The van der Waals surface area contributed by atoms with Crippen molar-refractivity contribution < 1.29 is 39.3 Å². The quantitative estimate of drug-likeness (QED) is 0.0633. The van der Waals surface area contributed by atoms with Crippen molar-refractivity contribution in [1.29, 1.82) is 0 Å². The van der Waals surface area contributed by atoms with Crippen LogP contribution >= 0.6 is 0 Å². The van der Waals surface area contributed by atoms with Gasteiger partial charge in [0.1, 0.15) is 0 Å². The van der Waals surface area contributed by atoms with Crippen molar-refractivity contribution in [2.75, 3.05) is 36.0 Å². The van der Waals surface area contributed by atoms with Gasteiger partial charge in [0.05, 0.1) is 0 Å². The molecule has 2 atom stereocenters. The number of hydrogen-bond donors (Lipinski definition) is 0. The molecule has 7 heteroatoms. The number of rotatable bonds is 16. The van der Waals surface area contributed by atoms with Crippen LogP contribution in [0.4, 0.5) is 28.9 Å². The first-order chi connectivity index (χ1) is 25.3. The molecule has 0 aliphatic carbocycles. The summed E-state index contributed by atoms with van der Waals surface area (Å²) in [6, 6.07) is 30.0. The molecule has 0 aromatic heterocycles. The Morgan fingerprint density at radius 2 is 0.873 bits per heavy atom. The van der Waals surface area contributed by atoms with Crippen molar-refractivity contribution >= 4 is 11.4 Å². The fourth-order valence-corrected chi connectivity index (χ4v) is 6.27. The summed E-state index contributed by atoms with van der Waals surface area (Å²) in [5.74, 6) is -0.347. The predicted octanol–water partition coefficient (Wildman–Crippen LogP) is 14.2. The molecule has 4 rings (SSSR count). The fraction of sp³-hybridized carbons (Fsp3) is 0.542. The van der Waals surface area contributed by atoms with Gasteiger partial charge in [-0.2, -0.15) is 36.4 Å². The Morgan fingerprint density at radius 1 is 0.564 bits per heavy atom. The van der Waals surface area contributed by atoms with Crippen LogP contribution in [0.15, 0.2) is 84.9 Å². The van der Waals surface area contributed by atoms with E-state index >= 15 is 0 Å². The van der Waals surface area contributed by atoms with E-state index in [2.05, 4.69) is 105 Å². The van der Waals surface area contributed by atoms with E-state index in [0.717, 1.165) is 51.9 Å². The third-order valence-electron chi connectivity index (χ3n) is 9.44. The maximum atomic E-state index is 14.2. The molecule has 55 heavy (non-hydrogen) atoms. The van der Waals surface area contributed by atoms with Crippen LogP contribution in [0.2, 0.25) is 0 Å². The van der Waals surface area contributed by atoms with Crippen LogP contribution in [0, 0.1) is 69.9 Å². The molecule has 0 spiro atoms. The summed E-state index contributed by atoms with van der Waals surface area (Å²) < 4.78 is 54.6.